The van der Waals surface area contributed by atoms with Crippen LogP contribution in [0.5, 0.6) is 11.5 Å². The smallest absolute Gasteiger partial charge is 0.143 e. The summed E-state index contributed by atoms with van der Waals surface area (Å²) in [6.45, 7) is 7.55. The maximum Gasteiger partial charge on any atom is 0.143 e. The molecule has 40 heavy (non-hydrogen) atoms. The summed E-state index contributed by atoms with van der Waals surface area (Å²) in [5.41, 5.74) is 3.76. The van der Waals surface area contributed by atoms with Gasteiger partial charge in [0.05, 0.1) is 31.2 Å². The maximum atomic E-state index is 6.57. The van der Waals surface area contributed by atoms with Crippen LogP contribution in [0.1, 0.15) is 6.92 Å². The SMILES string of the molecule is CCN1CCN(c2ccc(Nc3cc(-c4cncnc4Nc4c(Cl)c(OC)cc(OC)c4Cl)ncn3)cc2)CC1. The molecule has 3 heterocycles. The van der Waals surface area contributed by atoms with Gasteiger partial charge in [-0.15, -0.1) is 0 Å². The van der Waals surface area contributed by atoms with E-state index >= 15 is 0 Å². The molecule has 1 aliphatic heterocycles. The number of ether oxygens (including phenoxy) is 2. The molecule has 0 aliphatic carbocycles. The molecule has 2 aromatic heterocycles. The van der Waals surface area contributed by atoms with Crippen LogP contribution in [-0.2, 0) is 0 Å². The van der Waals surface area contributed by atoms with Crippen molar-refractivity contribution in [3.63, 3.8) is 0 Å². The zero-order chi connectivity index (χ0) is 28.1. The summed E-state index contributed by atoms with van der Waals surface area (Å²) in [6.07, 6.45) is 4.58. The van der Waals surface area contributed by atoms with Crippen molar-refractivity contribution in [2.45, 2.75) is 6.92 Å². The first-order valence-corrected chi connectivity index (χ1v) is 13.6. The number of aromatic nitrogens is 4. The number of hydrogen-bond acceptors (Lipinski definition) is 10. The molecule has 208 valence electrons. The highest BCUT2D eigenvalue weighted by atomic mass is 35.5. The molecule has 0 unspecified atom stereocenters. The average molecular weight is 582 g/mol. The Kier molecular flexibility index (Phi) is 8.69. The zero-order valence-corrected chi connectivity index (χ0v) is 24.0. The van der Waals surface area contributed by atoms with Crippen molar-refractivity contribution in [1.29, 1.82) is 0 Å². The number of rotatable bonds is 9. The Hall–Kier alpha value is -3.86. The van der Waals surface area contributed by atoms with Crippen LogP contribution in [0.4, 0.5) is 28.7 Å². The minimum absolute atomic E-state index is 0.290. The third-order valence-electron chi connectivity index (χ3n) is 6.80. The summed E-state index contributed by atoms with van der Waals surface area (Å²) in [7, 11) is 3.04. The highest BCUT2D eigenvalue weighted by Gasteiger charge is 2.20. The highest BCUT2D eigenvalue weighted by molar-refractivity contribution is 6.41. The Morgan fingerprint density at radius 1 is 0.850 bits per heavy atom. The van der Waals surface area contributed by atoms with Crippen molar-refractivity contribution in [2.75, 3.05) is 62.5 Å². The summed E-state index contributed by atoms with van der Waals surface area (Å²) in [5.74, 6) is 1.89. The van der Waals surface area contributed by atoms with Gasteiger partial charge in [-0.25, -0.2) is 19.9 Å². The monoisotopic (exact) mass is 580 g/mol. The number of nitrogens with one attached hydrogen (secondary N) is 2. The van der Waals surface area contributed by atoms with Crippen LogP contribution in [-0.4, -0.2) is 71.8 Å². The summed E-state index contributed by atoms with van der Waals surface area (Å²) < 4.78 is 10.8. The normalized spacial score (nSPS) is 13.7. The third-order valence-corrected chi connectivity index (χ3v) is 7.55. The lowest BCUT2D eigenvalue weighted by molar-refractivity contribution is 0.271. The molecule has 12 heteroatoms. The molecule has 0 bridgehead atoms. The van der Waals surface area contributed by atoms with Crippen molar-refractivity contribution in [3.05, 3.63) is 65.3 Å². The molecule has 1 fully saturated rings. The van der Waals surface area contributed by atoms with Gasteiger partial charge in [0.25, 0.3) is 0 Å². The summed E-state index contributed by atoms with van der Waals surface area (Å²) >= 11 is 13.1. The lowest BCUT2D eigenvalue weighted by Gasteiger charge is -2.35. The summed E-state index contributed by atoms with van der Waals surface area (Å²) in [6, 6.07) is 11.8. The number of methoxy groups -OCH3 is 2. The molecule has 0 radical (unpaired) electrons. The van der Waals surface area contributed by atoms with Crippen LogP contribution >= 0.6 is 23.2 Å². The molecule has 1 aliphatic rings. The van der Waals surface area contributed by atoms with Crippen LogP contribution < -0.4 is 25.0 Å². The van der Waals surface area contributed by atoms with Gasteiger partial charge in [0, 0.05) is 55.9 Å². The van der Waals surface area contributed by atoms with Crippen molar-refractivity contribution in [1.82, 2.24) is 24.8 Å². The van der Waals surface area contributed by atoms with E-state index in [1.54, 1.807) is 12.3 Å². The standard InChI is InChI=1S/C28H30Cl2N8O2/c1-4-37-9-11-38(12-10-37)19-7-5-18(6-8-19)35-24-13-21(32-17-33-24)20-15-31-16-34-28(20)36-27-25(29)22(39-2)14-23(40-3)26(27)30/h5-8,13-17H,4,9-12H2,1-3H3,(H,31,34,36)(H,32,33,35). The Balaban J connectivity index is 1.36. The Morgan fingerprint density at radius 2 is 1.55 bits per heavy atom. The van der Waals surface area contributed by atoms with Gasteiger partial charge < -0.3 is 29.9 Å². The number of nitrogens with zero attached hydrogens (tertiary/aromatic N) is 6. The largest absolute Gasteiger partial charge is 0.495 e. The van der Waals surface area contributed by atoms with Gasteiger partial charge in [0.15, 0.2) is 0 Å². The lowest BCUT2D eigenvalue weighted by atomic mass is 10.2. The van der Waals surface area contributed by atoms with Crippen LogP contribution in [0, 0.1) is 0 Å². The lowest BCUT2D eigenvalue weighted by Crippen LogP contribution is -2.46. The molecule has 0 saturated carbocycles. The van der Waals surface area contributed by atoms with Crippen LogP contribution in [0.3, 0.4) is 0 Å². The number of piperazine rings is 1. The van der Waals surface area contributed by atoms with E-state index in [0.717, 1.165) is 38.4 Å². The second kappa shape index (κ2) is 12.5. The maximum absolute atomic E-state index is 6.57. The molecule has 2 N–H and O–H groups in total. The molecule has 10 nitrogen and oxygen atoms in total. The fraction of sp³-hybridized carbons (Fsp3) is 0.286. The molecule has 0 atom stereocenters. The molecule has 4 aromatic rings. The van der Waals surface area contributed by atoms with Gasteiger partial charge in [-0.3, -0.25) is 0 Å². The molecular weight excluding hydrogens is 551 g/mol. The van der Waals surface area contributed by atoms with E-state index in [1.807, 2.05) is 6.07 Å². The van der Waals surface area contributed by atoms with E-state index < -0.39 is 0 Å². The second-order valence-corrected chi connectivity index (χ2v) is 9.83. The van der Waals surface area contributed by atoms with E-state index in [1.165, 1.54) is 32.6 Å². The number of anilines is 5. The number of hydrogen-bond donors (Lipinski definition) is 2. The van der Waals surface area contributed by atoms with E-state index in [2.05, 4.69) is 71.6 Å². The van der Waals surface area contributed by atoms with Crippen molar-refractivity contribution < 1.29 is 9.47 Å². The number of likely N-dealkylation sites (N-methyl/N-ethyl adjacent to an activating group) is 1. The van der Waals surface area contributed by atoms with Crippen LogP contribution in [0.15, 0.2) is 55.2 Å². The predicted molar refractivity (Wildman–Crippen MR) is 160 cm³/mol. The van der Waals surface area contributed by atoms with Gasteiger partial charge in [-0.05, 0) is 30.8 Å². The topological polar surface area (TPSA) is 101 Å². The summed E-state index contributed by atoms with van der Waals surface area (Å²) in [4.78, 5) is 22.4. The fourth-order valence-electron chi connectivity index (χ4n) is 4.53. The molecule has 1 saturated heterocycles. The van der Waals surface area contributed by atoms with E-state index in [-0.39, 0.29) is 0 Å². The van der Waals surface area contributed by atoms with Gasteiger partial charge in [0.2, 0.25) is 0 Å². The Bertz CT molecular complexity index is 1440. The molecule has 0 spiro atoms. The second-order valence-electron chi connectivity index (χ2n) is 9.08. The van der Waals surface area contributed by atoms with Crippen LogP contribution in [0.2, 0.25) is 10.0 Å². The van der Waals surface area contributed by atoms with E-state index in [9.17, 15) is 0 Å². The van der Waals surface area contributed by atoms with Gasteiger partial charge in [0.1, 0.15) is 45.8 Å². The van der Waals surface area contributed by atoms with Crippen molar-refractivity contribution in [2.24, 2.45) is 0 Å². The minimum Gasteiger partial charge on any atom is -0.495 e. The molecule has 2 aromatic carbocycles. The van der Waals surface area contributed by atoms with E-state index in [0.29, 0.717) is 50.1 Å². The first kappa shape index (κ1) is 27.7. The van der Waals surface area contributed by atoms with Crippen molar-refractivity contribution in [3.8, 4) is 22.8 Å². The number of halogens is 2. The average Bonchev–Trinajstić information content (AvgIpc) is 3.00. The molecule has 5 rings (SSSR count). The first-order chi connectivity index (χ1) is 19.5. The van der Waals surface area contributed by atoms with Crippen molar-refractivity contribution >= 4 is 51.9 Å². The predicted octanol–water partition coefficient (Wildman–Crippen LogP) is 5.89. The molecule has 0 amide bonds. The zero-order valence-electron chi connectivity index (χ0n) is 22.5. The van der Waals surface area contributed by atoms with Gasteiger partial charge in [-0.2, -0.15) is 0 Å². The third kappa shape index (κ3) is 5.99. The van der Waals surface area contributed by atoms with E-state index in [4.69, 9.17) is 32.7 Å². The quantitative estimate of drug-likeness (QED) is 0.249. The van der Waals surface area contributed by atoms with Gasteiger partial charge in [-0.1, -0.05) is 30.1 Å². The Morgan fingerprint density at radius 3 is 2.20 bits per heavy atom. The molecular formula is C28H30Cl2N8O2. The van der Waals surface area contributed by atoms with Crippen LogP contribution in [0.25, 0.3) is 11.3 Å². The number of benzene rings is 2. The highest BCUT2D eigenvalue weighted by Crippen LogP contribution is 2.45. The Labute approximate surface area is 243 Å². The van der Waals surface area contributed by atoms with Gasteiger partial charge >= 0.3 is 0 Å². The minimum atomic E-state index is 0.290. The fourth-order valence-corrected chi connectivity index (χ4v) is 5.12. The summed E-state index contributed by atoms with van der Waals surface area (Å²) in [5, 5.41) is 7.15. The first-order valence-electron chi connectivity index (χ1n) is 12.8.